The molecule has 6 heteroatoms. The van der Waals surface area contributed by atoms with Crippen molar-refractivity contribution in [2.45, 2.75) is 0 Å². The summed E-state index contributed by atoms with van der Waals surface area (Å²) in [5, 5.41) is 4.41. The molecule has 2 aromatic carbocycles. The summed E-state index contributed by atoms with van der Waals surface area (Å²) in [6.45, 7) is 0. The molecule has 4 rings (SSSR count). The van der Waals surface area contributed by atoms with Crippen LogP contribution in [0.25, 0.3) is 22.2 Å². The van der Waals surface area contributed by atoms with E-state index in [1.165, 1.54) is 0 Å². The molecule has 0 saturated carbocycles. The maximum Gasteiger partial charge on any atom is 0.134 e. The molecular weight excluding hydrogens is 300 g/mol. The van der Waals surface area contributed by atoms with Crippen molar-refractivity contribution in [3.63, 3.8) is 0 Å². The van der Waals surface area contributed by atoms with Crippen LogP contribution in [0, 0.1) is 0 Å². The number of aromatic amines is 1. The van der Waals surface area contributed by atoms with Crippen LogP contribution in [-0.4, -0.2) is 15.0 Å². The molecule has 0 aliphatic heterocycles. The quantitative estimate of drug-likeness (QED) is 0.341. The largest absolute Gasteiger partial charge is 0.360 e. The molecule has 0 bridgehead atoms. The van der Waals surface area contributed by atoms with Gasteiger partial charge >= 0.3 is 0 Å². The summed E-state index contributed by atoms with van der Waals surface area (Å²) in [7, 11) is 0. The van der Waals surface area contributed by atoms with E-state index in [-0.39, 0.29) is 0 Å². The summed E-state index contributed by atoms with van der Waals surface area (Å²) >= 11 is 0. The van der Waals surface area contributed by atoms with Gasteiger partial charge in [-0.2, -0.15) is 0 Å². The number of nitrogens with one attached hydrogen (secondary N) is 3. The lowest BCUT2D eigenvalue weighted by Crippen LogP contribution is -2.06. The third kappa shape index (κ3) is 2.66. The molecule has 0 fully saturated rings. The zero-order valence-electron chi connectivity index (χ0n) is 12.8. The number of nitrogens with two attached hydrogens (primary N) is 1. The molecule has 0 radical (unpaired) electrons. The van der Waals surface area contributed by atoms with Gasteiger partial charge in [0.2, 0.25) is 0 Å². The van der Waals surface area contributed by atoms with Crippen molar-refractivity contribution in [2.24, 2.45) is 5.84 Å². The van der Waals surface area contributed by atoms with Gasteiger partial charge in [-0.3, -0.25) is 5.84 Å². The monoisotopic (exact) mass is 316 g/mol. The van der Waals surface area contributed by atoms with Gasteiger partial charge in [0.25, 0.3) is 0 Å². The summed E-state index contributed by atoms with van der Waals surface area (Å²) < 4.78 is 0. The number of hydrogen-bond donors (Lipinski definition) is 4. The van der Waals surface area contributed by atoms with Gasteiger partial charge in [-0.25, -0.2) is 9.97 Å². The van der Waals surface area contributed by atoms with Gasteiger partial charge in [-0.1, -0.05) is 24.3 Å². The fourth-order valence-corrected chi connectivity index (χ4v) is 2.69. The zero-order chi connectivity index (χ0) is 16.4. The second-order valence-corrected chi connectivity index (χ2v) is 5.39. The van der Waals surface area contributed by atoms with E-state index in [9.17, 15) is 0 Å². The second-order valence-electron chi connectivity index (χ2n) is 5.39. The first kappa shape index (κ1) is 14.2. The highest BCUT2D eigenvalue weighted by Crippen LogP contribution is 2.28. The maximum absolute atomic E-state index is 5.45. The Kier molecular flexibility index (Phi) is 3.57. The summed E-state index contributed by atoms with van der Waals surface area (Å²) in [6, 6.07) is 17.7. The summed E-state index contributed by atoms with van der Waals surface area (Å²) in [5.41, 5.74) is 7.35. The maximum atomic E-state index is 5.45. The molecule has 0 atom stereocenters. The average molecular weight is 316 g/mol. The van der Waals surface area contributed by atoms with Crippen LogP contribution in [0.15, 0.2) is 67.1 Å². The number of hydrazine groups is 1. The van der Waals surface area contributed by atoms with Gasteiger partial charge in [0.05, 0.1) is 11.4 Å². The number of hydrogen-bond acceptors (Lipinski definition) is 5. The second kappa shape index (κ2) is 6.02. The Balaban J connectivity index is 1.68. The van der Waals surface area contributed by atoms with Crippen molar-refractivity contribution in [1.82, 2.24) is 15.0 Å². The summed E-state index contributed by atoms with van der Waals surface area (Å²) in [6.07, 6.45) is 3.53. The summed E-state index contributed by atoms with van der Waals surface area (Å²) in [5.74, 6) is 6.17. The molecule has 2 aromatic heterocycles. The minimum absolute atomic E-state index is 0.722. The predicted octanol–water partition coefficient (Wildman–Crippen LogP) is 3.65. The van der Waals surface area contributed by atoms with Gasteiger partial charge in [0.15, 0.2) is 0 Å². The molecule has 0 saturated heterocycles. The fourth-order valence-electron chi connectivity index (χ4n) is 2.69. The Morgan fingerprint density at radius 3 is 2.71 bits per heavy atom. The Hall–Kier alpha value is -3.38. The third-order valence-corrected chi connectivity index (χ3v) is 3.83. The highest BCUT2D eigenvalue weighted by molar-refractivity contribution is 5.94. The van der Waals surface area contributed by atoms with E-state index in [0.717, 1.165) is 39.4 Å². The van der Waals surface area contributed by atoms with Crippen molar-refractivity contribution < 1.29 is 0 Å². The number of nitrogen functional groups attached to an aromatic ring is 1. The molecule has 5 N–H and O–H groups in total. The predicted molar refractivity (Wildman–Crippen MR) is 96.9 cm³/mol. The standard InChI is InChI=1S/C18H16N6/c19-24-13-5-3-4-12(8-13)23-18-9-17(21-11-22-18)15-10-20-16-7-2-1-6-14(15)16/h1-11,20,24H,19H2,(H,21,22,23). The molecule has 0 amide bonds. The molecule has 0 aliphatic carbocycles. The van der Waals surface area contributed by atoms with Crippen LogP contribution in [0.3, 0.4) is 0 Å². The van der Waals surface area contributed by atoms with Crippen LogP contribution in [0.5, 0.6) is 0 Å². The van der Waals surface area contributed by atoms with Crippen LogP contribution in [0.4, 0.5) is 17.2 Å². The van der Waals surface area contributed by atoms with E-state index in [2.05, 4.69) is 31.8 Å². The van der Waals surface area contributed by atoms with Crippen molar-refractivity contribution in [2.75, 3.05) is 10.7 Å². The van der Waals surface area contributed by atoms with Crippen LogP contribution >= 0.6 is 0 Å². The highest BCUT2D eigenvalue weighted by Gasteiger charge is 2.08. The van der Waals surface area contributed by atoms with Gasteiger partial charge in [-0.05, 0) is 24.3 Å². The number of rotatable bonds is 4. The van der Waals surface area contributed by atoms with E-state index in [4.69, 9.17) is 5.84 Å². The molecular formula is C18H16N6. The number of benzene rings is 2. The zero-order valence-corrected chi connectivity index (χ0v) is 12.8. The first-order valence-electron chi connectivity index (χ1n) is 7.56. The lowest BCUT2D eigenvalue weighted by Gasteiger charge is -2.08. The van der Waals surface area contributed by atoms with E-state index in [1.54, 1.807) is 6.33 Å². The average Bonchev–Trinajstić information content (AvgIpc) is 3.06. The van der Waals surface area contributed by atoms with E-state index >= 15 is 0 Å². The van der Waals surface area contributed by atoms with Crippen LogP contribution in [0.2, 0.25) is 0 Å². The lowest BCUT2D eigenvalue weighted by molar-refractivity contribution is 1.17. The molecule has 2 heterocycles. The molecule has 0 spiro atoms. The van der Waals surface area contributed by atoms with E-state index in [1.807, 2.05) is 54.7 Å². The molecule has 24 heavy (non-hydrogen) atoms. The number of aromatic nitrogens is 3. The Bertz CT molecular complexity index is 991. The summed E-state index contributed by atoms with van der Waals surface area (Å²) in [4.78, 5) is 12.0. The minimum atomic E-state index is 0.722. The van der Waals surface area contributed by atoms with Gasteiger partial charge in [0.1, 0.15) is 12.1 Å². The number of para-hydroxylation sites is 1. The van der Waals surface area contributed by atoms with E-state index < -0.39 is 0 Å². The van der Waals surface area contributed by atoms with E-state index in [0.29, 0.717) is 0 Å². The van der Waals surface area contributed by atoms with Crippen LogP contribution in [0.1, 0.15) is 0 Å². The lowest BCUT2D eigenvalue weighted by atomic mass is 10.1. The van der Waals surface area contributed by atoms with Gasteiger partial charge < -0.3 is 15.7 Å². The topological polar surface area (TPSA) is 91.7 Å². The van der Waals surface area contributed by atoms with Gasteiger partial charge in [-0.15, -0.1) is 0 Å². The normalized spacial score (nSPS) is 10.7. The number of fused-ring (bicyclic) bond motifs is 1. The Morgan fingerprint density at radius 1 is 0.917 bits per heavy atom. The molecule has 6 nitrogen and oxygen atoms in total. The number of nitrogens with zero attached hydrogens (tertiary/aromatic N) is 2. The van der Waals surface area contributed by atoms with Crippen molar-refractivity contribution >= 4 is 28.1 Å². The smallest absolute Gasteiger partial charge is 0.134 e. The highest BCUT2D eigenvalue weighted by atomic mass is 15.2. The van der Waals surface area contributed by atoms with Crippen molar-refractivity contribution in [3.05, 3.63) is 67.1 Å². The molecule has 4 aromatic rings. The molecule has 118 valence electrons. The first-order chi connectivity index (χ1) is 11.8. The van der Waals surface area contributed by atoms with Crippen molar-refractivity contribution in [3.8, 4) is 11.3 Å². The first-order valence-corrected chi connectivity index (χ1v) is 7.56. The van der Waals surface area contributed by atoms with Crippen molar-refractivity contribution in [1.29, 1.82) is 0 Å². The fraction of sp³-hybridized carbons (Fsp3) is 0. The van der Waals surface area contributed by atoms with Gasteiger partial charge in [0, 0.05) is 34.4 Å². The number of anilines is 3. The number of H-pyrrole nitrogens is 1. The SMILES string of the molecule is NNc1cccc(Nc2cc(-c3c[nH]c4ccccc34)ncn2)c1. The Labute approximate surface area is 138 Å². The van der Waals surface area contributed by atoms with Crippen LogP contribution < -0.4 is 16.6 Å². The Morgan fingerprint density at radius 2 is 1.79 bits per heavy atom. The molecule has 0 unspecified atom stereocenters. The van der Waals surface area contributed by atoms with Crippen LogP contribution in [-0.2, 0) is 0 Å². The third-order valence-electron chi connectivity index (χ3n) is 3.83. The molecule has 0 aliphatic rings. The minimum Gasteiger partial charge on any atom is -0.360 e.